The molecule has 0 bridgehead atoms. The van der Waals surface area contributed by atoms with Gasteiger partial charge in [0.25, 0.3) is 0 Å². The van der Waals surface area contributed by atoms with E-state index in [2.05, 4.69) is 51.3 Å². The Bertz CT molecular complexity index is 362. The summed E-state index contributed by atoms with van der Waals surface area (Å²) in [5.41, 5.74) is 4.19. The summed E-state index contributed by atoms with van der Waals surface area (Å²) in [5.74, 6) is 0.595. The van der Waals surface area contributed by atoms with Crippen molar-refractivity contribution >= 4 is 0 Å². The number of methoxy groups -OCH3 is 1. The van der Waals surface area contributed by atoms with Crippen LogP contribution in [0.1, 0.15) is 30.0 Å². The zero-order chi connectivity index (χ0) is 13.5. The summed E-state index contributed by atoms with van der Waals surface area (Å²) in [6, 6.07) is 7.23. The molecule has 0 aliphatic carbocycles. The summed E-state index contributed by atoms with van der Waals surface area (Å²) in [6.07, 6.45) is 2.25. The minimum Gasteiger partial charge on any atom is -0.384 e. The van der Waals surface area contributed by atoms with Crippen LogP contribution in [0.3, 0.4) is 0 Å². The molecule has 2 nitrogen and oxygen atoms in total. The van der Waals surface area contributed by atoms with Gasteiger partial charge in [-0.25, -0.2) is 0 Å². The van der Waals surface area contributed by atoms with Crippen LogP contribution in [0.2, 0.25) is 0 Å². The second-order valence-corrected chi connectivity index (χ2v) is 5.42. The molecule has 0 radical (unpaired) electrons. The van der Waals surface area contributed by atoms with Gasteiger partial charge in [-0.15, -0.1) is 0 Å². The Morgan fingerprint density at radius 3 is 2.61 bits per heavy atom. The maximum Gasteiger partial charge on any atom is 0.0488 e. The zero-order valence-corrected chi connectivity index (χ0v) is 12.4. The molecule has 0 aliphatic heterocycles. The van der Waals surface area contributed by atoms with Crippen molar-refractivity contribution in [1.29, 1.82) is 0 Å². The molecule has 1 aromatic carbocycles. The van der Waals surface area contributed by atoms with Gasteiger partial charge in [0, 0.05) is 19.8 Å². The van der Waals surface area contributed by atoms with E-state index in [1.165, 1.54) is 16.7 Å². The van der Waals surface area contributed by atoms with E-state index in [0.29, 0.717) is 12.0 Å². The Kier molecular flexibility index (Phi) is 6.37. The standard InChI is InChI=1S/C16H27NO/c1-12-6-7-14(3)15(8-12)10-16(17-4)9-13(2)11-18-5/h6-8,13,16-17H,9-11H2,1-5H3. The van der Waals surface area contributed by atoms with E-state index in [4.69, 9.17) is 4.74 Å². The molecule has 1 N–H and O–H groups in total. The highest BCUT2D eigenvalue weighted by molar-refractivity contribution is 5.31. The summed E-state index contributed by atoms with van der Waals surface area (Å²) in [4.78, 5) is 0. The first-order valence-electron chi connectivity index (χ1n) is 6.79. The number of nitrogens with one attached hydrogen (secondary N) is 1. The smallest absolute Gasteiger partial charge is 0.0488 e. The summed E-state index contributed by atoms with van der Waals surface area (Å²) in [5, 5.41) is 3.43. The van der Waals surface area contributed by atoms with Gasteiger partial charge in [-0.05, 0) is 50.8 Å². The van der Waals surface area contributed by atoms with Crippen molar-refractivity contribution in [2.24, 2.45) is 5.92 Å². The number of hydrogen-bond acceptors (Lipinski definition) is 2. The highest BCUT2D eigenvalue weighted by atomic mass is 16.5. The number of aryl methyl sites for hydroxylation is 2. The molecule has 0 saturated carbocycles. The molecule has 18 heavy (non-hydrogen) atoms. The second-order valence-electron chi connectivity index (χ2n) is 5.42. The third-order valence-corrected chi connectivity index (χ3v) is 3.52. The monoisotopic (exact) mass is 249 g/mol. The fourth-order valence-electron chi connectivity index (χ4n) is 2.43. The van der Waals surface area contributed by atoms with Crippen LogP contribution < -0.4 is 5.32 Å². The molecule has 1 aromatic rings. The highest BCUT2D eigenvalue weighted by Gasteiger charge is 2.13. The van der Waals surface area contributed by atoms with Crippen molar-refractivity contribution in [1.82, 2.24) is 5.32 Å². The average Bonchev–Trinajstić information content (AvgIpc) is 2.33. The number of benzene rings is 1. The maximum atomic E-state index is 5.21. The van der Waals surface area contributed by atoms with E-state index in [1.807, 2.05) is 0 Å². The van der Waals surface area contributed by atoms with Crippen LogP contribution in [-0.2, 0) is 11.2 Å². The van der Waals surface area contributed by atoms with Crippen LogP contribution in [0.25, 0.3) is 0 Å². The van der Waals surface area contributed by atoms with Crippen LogP contribution in [0.4, 0.5) is 0 Å². The lowest BCUT2D eigenvalue weighted by Crippen LogP contribution is -2.30. The molecule has 2 unspecified atom stereocenters. The zero-order valence-electron chi connectivity index (χ0n) is 12.4. The minimum atomic E-state index is 0.524. The number of likely N-dealkylation sites (N-methyl/N-ethyl adjacent to an activating group) is 1. The van der Waals surface area contributed by atoms with E-state index in [-0.39, 0.29) is 0 Å². The summed E-state index contributed by atoms with van der Waals surface area (Å²) < 4.78 is 5.21. The lowest BCUT2D eigenvalue weighted by molar-refractivity contribution is 0.150. The van der Waals surface area contributed by atoms with Crippen LogP contribution in [0.15, 0.2) is 18.2 Å². The minimum absolute atomic E-state index is 0.524. The van der Waals surface area contributed by atoms with E-state index < -0.39 is 0 Å². The van der Waals surface area contributed by atoms with E-state index in [9.17, 15) is 0 Å². The fourth-order valence-corrected chi connectivity index (χ4v) is 2.43. The topological polar surface area (TPSA) is 21.3 Å². The third kappa shape index (κ3) is 4.79. The lowest BCUT2D eigenvalue weighted by Gasteiger charge is -2.21. The Morgan fingerprint density at radius 1 is 1.28 bits per heavy atom. The molecule has 102 valence electrons. The first-order chi connectivity index (χ1) is 8.56. The molecular weight excluding hydrogens is 222 g/mol. The van der Waals surface area contributed by atoms with Gasteiger partial charge in [0.1, 0.15) is 0 Å². The third-order valence-electron chi connectivity index (χ3n) is 3.52. The SMILES string of the molecule is CNC(Cc1cc(C)ccc1C)CC(C)COC. The van der Waals surface area contributed by atoms with Gasteiger partial charge in [-0.3, -0.25) is 0 Å². The van der Waals surface area contributed by atoms with Crippen LogP contribution in [0.5, 0.6) is 0 Å². The van der Waals surface area contributed by atoms with Gasteiger partial charge < -0.3 is 10.1 Å². The van der Waals surface area contributed by atoms with Gasteiger partial charge >= 0.3 is 0 Å². The number of ether oxygens (including phenoxy) is 1. The Hall–Kier alpha value is -0.860. The van der Waals surface area contributed by atoms with Crippen molar-refractivity contribution in [2.75, 3.05) is 20.8 Å². The van der Waals surface area contributed by atoms with E-state index in [0.717, 1.165) is 19.4 Å². The fraction of sp³-hybridized carbons (Fsp3) is 0.625. The van der Waals surface area contributed by atoms with Gasteiger partial charge in [0.05, 0.1) is 0 Å². The van der Waals surface area contributed by atoms with E-state index in [1.54, 1.807) is 7.11 Å². The molecule has 2 atom stereocenters. The highest BCUT2D eigenvalue weighted by Crippen LogP contribution is 2.16. The van der Waals surface area contributed by atoms with Crippen molar-refractivity contribution in [3.8, 4) is 0 Å². The summed E-state index contributed by atoms with van der Waals surface area (Å²) in [6.45, 7) is 7.44. The molecule has 0 amide bonds. The van der Waals surface area contributed by atoms with E-state index >= 15 is 0 Å². The van der Waals surface area contributed by atoms with Crippen molar-refractivity contribution < 1.29 is 4.74 Å². The molecule has 0 aliphatic rings. The van der Waals surface area contributed by atoms with Gasteiger partial charge in [0.15, 0.2) is 0 Å². The first kappa shape index (κ1) is 15.2. The van der Waals surface area contributed by atoms with Gasteiger partial charge in [-0.2, -0.15) is 0 Å². The predicted octanol–water partition coefficient (Wildman–Crippen LogP) is 3.11. The number of rotatable bonds is 7. The van der Waals surface area contributed by atoms with Crippen molar-refractivity contribution in [3.63, 3.8) is 0 Å². The van der Waals surface area contributed by atoms with Crippen LogP contribution >= 0.6 is 0 Å². The molecule has 0 spiro atoms. The maximum absolute atomic E-state index is 5.21. The van der Waals surface area contributed by atoms with Crippen molar-refractivity contribution in [3.05, 3.63) is 34.9 Å². The Labute approximate surface area is 112 Å². The first-order valence-corrected chi connectivity index (χ1v) is 6.79. The average molecular weight is 249 g/mol. The Morgan fingerprint density at radius 2 is 2.00 bits per heavy atom. The largest absolute Gasteiger partial charge is 0.384 e. The molecule has 1 rings (SSSR count). The number of hydrogen-bond donors (Lipinski definition) is 1. The molecule has 0 heterocycles. The molecule has 2 heteroatoms. The molecule has 0 fully saturated rings. The Balaban J connectivity index is 2.64. The summed E-state index contributed by atoms with van der Waals surface area (Å²) >= 11 is 0. The normalized spacial score (nSPS) is 14.5. The van der Waals surface area contributed by atoms with Crippen molar-refractivity contribution in [2.45, 2.75) is 39.7 Å². The molecular formula is C16H27NO. The van der Waals surface area contributed by atoms with Gasteiger partial charge in [-0.1, -0.05) is 30.7 Å². The quantitative estimate of drug-likeness (QED) is 0.801. The van der Waals surface area contributed by atoms with Crippen LogP contribution in [0, 0.1) is 19.8 Å². The molecule has 0 saturated heterocycles. The summed E-state index contributed by atoms with van der Waals surface area (Å²) in [7, 11) is 3.82. The van der Waals surface area contributed by atoms with Gasteiger partial charge in [0.2, 0.25) is 0 Å². The second kappa shape index (κ2) is 7.55. The molecule has 0 aromatic heterocycles. The predicted molar refractivity (Wildman–Crippen MR) is 78.1 cm³/mol. The van der Waals surface area contributed by atoms with Crippen LogP contribution in [-0.4, -0.2) is 26.8 Å². The lowest BCUT2D eigenvalue weighted by atomic mass is 9.94.